The summed E-state index contributed by atoms with van der Waals surface area (Å²) in [5, 5.41) is 3.11. The van der Waals surface area contributed by atoms with E-state index in [0.717, 1.165) is 15.8 Å². The lowest BCUT2D eigenvalue weighted by Gasteiger charge is -2.15. The maximum atomic E-state index is 13.0. The Kier molecular flexibility index (Phi) is 6.18. The molecule has 1 amide bonds. The number of amides is 1. The van der Waals surface area contributed by atoms with Crippen LogP contribution in [0.15, 0.2) is 39.9 Å². The molecule has 1 aromatic carbocycles. The van der Waals surface area contributed by atoms with Gasteiger partial charge in [-0.05, 0) is 57.5 Å². The van der Waals surface area contributed by atoms with Crippen molar-refractivity contribution in [2.75, 3.05) is 5.32 Å². The minimum Gasteiger partial charge on any atom is -0.459 e. The SMILES string of the molecule is Cc1c(C(=O)OC(C)C)sc2ncn(C(C)C(=O)Nc3ccc(Br)cc3)c(=O)c12. The van der Waals surface area contributed by atoms with Crippen molar-refractivity contribution in [1.82, 2.24) is 9.55 Å². The Balaban J connectivity index is 1.93. The number of halogens is 1. The third kappa shape index (κ3) is 4.40. The molecule has 0 fully saturated rings. The lowest BCUT2D eigenvalue weighted by atomic mass is 10.2. The van der Waals surface area contributed by atoms with Crippen molar-refractivity contribution in [3.63, 3.8) is 0 Å². The van der Waals surface area contributed by atoms with E-state index in [2.05, 4.69) is 26.2 Å². The molecule has 1 N–H and O–H groups in total. The number of carbonyl (C=O) groups excluding carboxylic acids is 2. The molecule has 0 spiro atoms. The van der Waals surface area contributed by atoms with Gasteiger partial charge in [0.15, 0.2) is 0 Å². The lowest BCUT2D eigenvalue weighted by Crippen LogP contribution is -2.31. The molecule has 2 aromatic heterocycles. The summed E-state index contributed by atoms with van der Waals surface area (Å²) in [6, 6.07) is 6.36. The average molecular weight is 478 g/mol. The van der Waals surface area contributed by atoms with Gasteiger partial charge in [-0.25, -0.2) is 9.78 Å². The molecule has 1 atom stereocenters. The predicted molar refractivity (Wildman–Crippen MR) is 117 cm³/mol. The van der Waals surface area contributed by atoms with Gasteiger partial charge in [0.1, 0.15) is 15.7 Å². The largest absolute Gasteiger partial charge is 0.459 e. The highest BCUT2D eigenvalue weighted by Crippen LogP contribution is 2.28. The van der Waals surface area contributed by atoms with Crippen LogP contribution >= 0.6 is 27.3 Å². The fraction of sp³-hybridized carbons (Fsp3) is 0.300. The number of hydrogen-bond acceptors (Lipinski definition) is 6. The predicted octanol–water partition coefficient (Wildman–Crippen LogP) is 4.29. The van der Waals surface area contributed by atoms with Crippen LogP contribution in [0.5, 0.6) is 0 Å². The number of carbonyl (C=O) groups is 2. The number of anilines is 1. The Morgan fingerprint density at radius 2 is 1.86 bits per heavy atom. The zero-order chi connectivity index (χ0) is 21.3. The van der Waals surface area contributed by atoms with E-state index in [1.54, 1.807) is 39.8 Å². The smallest absolute Gasteiger partial charge is 0.348 e. The summed E-state index contributed by atoms with van der Waals surface area (Å²) >= 11 is 4.46. The maximum Gasteiger partial charge on any atom is 0.348 e. The van der Waals surface area contributed by atoms with E-state index in [1.165, 1.54) is 10.9 Å². The second kappa shape index (κ2) is 8.46. The summed E-state index contributed by atoms with van der Waals surface area (Å²) in [6.45, 7) is 6.84. The summed E-state index contributed by atoms with van der Waals surface area (Å²) < 4.78 is 7.41. The van der Waals surface area contributed by atoms with Crippen LogP contribution in [0.1, 0.15) is 42.0 Å². The van der Waals surface area contributed by atoms with Gasteiger partial charge in [0.2, 0.25) is 5.91 Å². The van der Waals surface area contributed by atoms with E-state index in [4.69, 9.17) is 4.74 Å². The second-order valence-electron chi connectivity index (χ2n) is 6.82. The third-order valence-electron chi connectivity index (χ3n) is 4.31. The summed E-state index contributed by atoms with van der Waals surface area (Å²) in [6.07, 6.45) is 1.07. The number of hydrogen-bond donors (Lipinski definition) is 1. The van der Waals surface area contributed by atoms with E-state index in [1.807, 2.05) is 12.1 Å². The quantitative estimate of drug-likeness (QED) is 0.553. The molecule has 0 radical (unpaired) electrons. The van der Waals surface area contributed by atoms with Crippen LogP contribution in [0.4, 0.5) is 5.69 Å². The molecule has 0 aliphatic carbocycles. The van der Waals surface area contributed by atoms with Crippen LogP contribution in [0, 0.1) is 6.92 Å². The lowest BCUT2D eigenvalue weighted by molar-refractivity contribution is -0.118. The van der Waals surface area contributed by atoms with E-state index < -0.39 is 12.0 Å². The molecule has 2 heterocycles. The first-order chi connectivity index (χ1) is 13.7. The number of aromatic nitrogens is 2. The number of ether oxygens (including phenoxy) is 1. The molecule has 1 unspecified atom stereocenters. The third-order valence-corrected chi connectivity index (χ3v) is 6.02. The van der Waals surface area contributed by atoms with Crippen LogP contribution in [-0.4, -0.2) is 27.5 Å². The normalized spacial score (nSPS) is 12.2. The van der Waals surface area contributed by atoms with Gasteiger partial charge in [-0.1, -0.05) is 15.9 Å². The monoisotopic (exact) mass is 477 g/mol. The Morgan fingerprint density at radius 3 is 2.48 bits per heavy atom. The average Bonchev–Trinajstić information content (AvgIpc) is 3.00. The number of benzene rings is 1. The van der Waals surface area contributed by atoms with Crippen molar-refractivity contribution < 1.29 is 14.3 Å². The van der Waals surface area contributed by atoms with Gasteiger partial charge in [-0.15, -0.1) is 11.3 Å². The van der Waals surface area contributed by atoms with Crippen molar-refractivity contribution in [3.8, 4) is 0 Å². The van der Waals surface area contributed by atoms with Crippen molar-refractivity contribution in [2.24, 2.45) is 0 Å². The molecule has 0 saturated carbocycles. The molecule has 0 saturated heterocycles. The molecule has 3 aromatic rings. The number of nitrogens with one attached hydrogen (secondary N) is 1. The first-order valence-corrected chi connectivity index (χ1v) is 10.6. The number of thiophene rings is 1. The number of fused-ring (bicyclic) bond motifs is 1. The highest BCUT2D eigenvalue weighted by atomic mass is 79.9. The van der Waals surface area contributed by atoms with Gasteiger partial charge in [0.05, 0.1) is 17.8 Å². The van der Waals surface area contributed by atoms with Crippen molar-refractivity contribution in [3.05, 3.63) is 55.9 Å². The summed E-state index contributed by atoms with van der Waals surface area (Å²) in [4.78, 5) is 43.0. The topological polar surface area (TPSA) is 90.3 Å². The zero-order valence-electron chi connectivity index (χ0n) is 16.4. The number of esters is 1. The number of rotatable bonds is 5. The molecule has 0 bridgehead atoms. The molecule has 29 heavy (non-hydrogen) atoms. The minimum atomic E-state index is -0.784. The molecule has 9 heteroatoms. The number of nitrogens with zero attached hydrogens (tertiary/aromatic N) is 2. The molecule has 152 valence electrons. The van der Waals surface area contributed by atoms with E-state index in [9.17, 15) is 14.4 Å². The Labute approximate surface area is 179 Å². The van der Waals surface area contributed by atoms with Gasteiger partial charge >= 0.3 is 5.97 Å². The number of aryl methyl sites for hydroxylation is 1. The zero-order valence-corrected chi connectivity index (χ0v) is 18.8. The van der Waals surface area contributed by atoms with Crippen LogP contribution in [0.25, 0.3) is 10.2 Å². The summed E-state index contributed by atoms with van der Waals surface area (Å²) in [7, 11) is 0. The van der Waals surface area contributed by atoms with Gasteiger partial charge in [-0.2, -0.15) is 0 Å². The molecule has 3 rings (SSSR count). The summed E-state index contributed by atoms with van der Waals surface area (Å²) in [5.74, 6) is -0.824. The van der Waals surface area contributed by atoms with Gasteiger partial charge in [0, 0.05) is 10.2 Å². The Bertz CT molecular complexity index is 1140. The van der Waals surface area contributed by atoms with Crippen LogP contribution in [0.2, 0.25) is 0 Å². The van der Waals surface area contributed by atoms with E-state index in [0.29, 0.717) is 26.3 Å². The standard InChI is InChI=1S/C20H20BrN3O4S/c1-10(2)28-20(27)16-11(3)15-18(29-16)22-9-24(19(15)26)12(4)17(25)23-14-7-5-13(21)6-8-14/h5-10,12H,1-4H3,(H,23,25). The second-order valence-corrected chi connectivity index (χ2v) is 8.73. The van der Waals surface area contributed by atoms with E-state index >= 15 is 0 Å². The van der Waals surface area contributed by atoms with Crippen LogP contribution in [0.3, 0.4) is 0 Å². The highest BCUT2D eigenvalue weighted by molar-refractivity contribution is 9.10. The Hall–Kier alpha value is -2.52. The highest BCUT2D eigenvalue weighted by Gasteiger charge is 2.24. The van der Waals surface area contributed by atoms with Gasteiger partial charge in [-0.3, -0.25) is 14.2 Å². The molecule has 0 aliphatic heterocycles. The fourth-order valence-electron chi connectivity index (χ4n) is 2.78. The Morgan fingerprint density at radius 1 is 1.21 bits per heavy atom. The van der Waals surface area contributed by atoms with Crippen molar-refractivity contribution in [1.29, 1.82) is 0 Å². The first-order valence-electron chi connectivity index (χ1n) is 8.96. The van der Waals surface area contributed by atoms with Crippen LogP contribution < -0.4 is 10.9 Å². The van der Waals surface area contributed by atoms with Gasteiger partial charge < -0.3 is 10.1 Å². The minimum absolute atomic E-state index is 0.265. The summed E-state index contributed by atoms with van der Waals surface area (Å²) in [5.41, 5.74) is 0.770. The van der Waals surface area contributed by atoms with Gasteiger partial charge in [0.25, 0.3) is 5.56 Å². The van der Waals surface area contributed by atoms with Crippen LogP contribution in [-0.2, 0) is 9.53 Å². The molecular weight excluding hydrogens is 458 g/mol. The molecule has 7 nitrogen and oxygen atoms in total. The maximum absolute atomic E-state index is 13.0. The molecule has 0 aliphatic rings. The fourth-order valence-corrected chi connectivity index (χ4v) is 4.07. The molecular formula is C20H20BrN3O4S. The van der Waals surface area contributed by atoms with E-state index in [-0.39, 0.29) is 17.6 Å². The van der Waals surface area contributed by atoms with Crippen molar-refractivity contribution >= 4 is 55.0 Å². The van der Waals surface area contributed by atoms with Crippen molar-refractivity contribution in [2.45, 2.75) is 39.8 Å². The first kappa shape index (κ1) is 21.2.